The normalized spacial score (nSPS) is 23.7. The molecule has 2 fully saturated rings. The summed E-state index contributed by atoms with van der Waals surface area (Å²) in [5.41, 5.74) is 0.821. The van der Waals surface area contributed by atoms with Crippen molar-refractivity contribution < 1.29 is 28.7 Å². The van der Waals surface area contributed by atoms with Gasteiger partial charge in [-0.3, -0.25) is 9.59 Å². The fraction of sp³-hybridized carbons (Fsp3) is 0.444. The van der Waals surface area contributed by atoms with Crippen molar-refractivity contribution in [1.82, 2.24) is 4.90 Å². The number of amides is 2. The van der Waals surface area contributed by atoms with E-state index in [1.54, 1.807) is 28.8 Å². The molecular formula is C18H20N2O6S. The second-order valence-electron chi connectivity index (χ2n) is 6.49. The third kappa shape index (κ3) is 3.92. The lowest BCUT2D eigenvalue weighted by atomic mass is 10.2. The standard InChI is InChI=1S/C18H20N2O6S/c1-18-8-7-15(22)20(18)13(10-27-18)17(24)26-9-14(21)19-12-5-3-11(4-6-12)16(23)25-2/h3-6,13H,7-10H2,1-2H3,(H,19,21). The molecule has 0 spiro atoms. The summed E-state index contributed by atoms with van der Waals surface area (Å²) < 4.78 is 9.71. The van der Waals surface area contributed by atoms with Gasteiger partial charge in [0, 0.05) is 17.9 Å². The van der Waals surface area contributed by atoms with Crippen LogP contribution >= 0.6 is 11.8 Å². The van der Waals surface area contributed by atoms with Crippen LogP contribution < -0.4 is 5.32 Å². The number of anilines is 1. The Balaban J connectivity index is 1.51. The minimum atomic E-state index is -0.651. The highest BCUT2D eigenvalue weighted by Gasteiger charge is 2.53. The van der Waals surface area contributed by atoms with Crippen LogP contribution in [-0.4, -0.2) is 59.0 Å². The maximum absolute atomic E-state index is 12.3. The zero-order valence-electron chi connectivity index (χ0n) is 15.0. The van der Waals surface area contributed by atoms with E-state index >= 15 is 0 Å². The molecule has 2 heterocycles. The van der Waals surface area contributed by atoms with E-state index in [9.17, 15) is 19.2 Å². The van der Waals surface area contributed by atoms with Gasteiger partial charge in [-0.05, 0) is 37.6 Å². The number of rotatable bonds is 5. The van der Waals surface area contributed by atoms with Crippen LogP contribution in [0.5, 0.6) is 0 Å². The van der Waals surface area contributed by atoms with E-state index in [-0.39, 0.29) is 10.8 Å². The molecule has 0 saturated carbocycles. The van der Waals surface area contributed by atoms with Crippen LogP contribution in [-0.2, 0) is 23.9 Å². The Morgan fingerprint density at radius 2 is 2.00 bits per heavy atom. The largest absolute Gasteiger partial charge is 0.465 e. The van der Waals surface area contributed by atoms with E-state index in [4.69, 9.17) is 4.74 Å². The van der Waals surface area contributed by atoms with Gasteiger partial charge in [0.15, 0.2) is 6.61 Å². The van der Waals surface area contributed by atoms with Gasteiger partial charge in [0.2, 0.25) is 5.91 Å². The summed E-state index contributed by atoms with van der Waals surface area (Å²) in [7, 11) is 1.29. The molecule has 2 aliphatic heterocycles. The quantitative estimate of drug-likeness (QED) is 0.756. The molecule has 144 valence electrons. The molecule has 1 N–H and O–H groups in total. The molecule has 0 bridgehead atoms. The van der Waals surface area contributed by atoms with Crippen LogP contribution in [0.3, 0.4) is 0 Å². The van der Waals surface area contributed by atoms with Gasteiger partial charge in [-0.1, -0.05) is 0 Å². The van der Waals surface area contributed by atoms with Crippen molar-refractivity contribution in [1.29, 1.82) is 0 Å². The molecule has 0 aliphatic carbocycles. The Hall–Kier alpha value is -2.55. The predicted molar refractivity (Wildman–Crippen MR) is 98.1 cm³/mol. The number of nitrogens with zero attached hydrogens (tertiary/aromatic N) is 1. The van der Waals surface area contributed by atoms with Crippen LogP contribution in [0.15, 0.2) is 24.3 Å². The third-order valence-electron chi connectivity index (χ3n) is 4.65. The zero-order valence-corrected chi connectivity index (χ0v) is 15.8. The van der Waals surface area contributed by atoms with Gasteiger partial charge in [0.05, 0.1) is 17.5 Å². The molecule has 2 aliphatic rings. The highest BCUT2D eigenvalue weighted by molar-refractivity contribution is 8.01. The van der Waals surface area contributed by atoms with Gasteiger partial charge in [-0.15, -0.1) is 11.8 Å². The predicted octanol–water partition coefficient (Wildman–Crippen LogP) is 1.41. The fourth-order valence-corrected chi connectivity index (χ4v) is 4.65. The van der Waals surface area contributed by atoms with Gasteiger partial charge >= 0.3 is 11.9 Å². The second kappa shape index (κ2) is 7.59. The van der Waals surface area contributed by atoms with Gasteiger partial charge in [-0.25, -0.2) is 9.59 Å². The molecule has 3 rings (SSSR count). The lowest BCUT2D eigenvalue weighted by Gasteiger charge is -2.29. The summed E-state index contributed by atoms with van der Waals surface area (Å²) in [5, 5.41) is 2.58. The SMILES string of the molecule is COC(=O)c1ccc(NC(=O)COC(=O)C2CSC3(C)CCC(=O)N23)cc1. The Kier molecular flexibility index (Phi) is 5.41. The maximum Gasteiger partial charge on any atom is 0.337 e. The molecule has 9 heteroatoms. The number of ether oxygens (including phenoxy) is 2. The molecule has 2 atom stereocenters. The van der Waals surface area contributed by atoms with Crippen molar-refractivity contribution >= 4 is 41.2 Å². The molecule has 1 aromatic carbocycles. The second-order valence-corrected chi connectivity index (χ2v) is 7.99. The Morgan fingerprint density at radius 3 is 2.67 bits per heavy atom. The molecule has 0 radical (unpaired) electrons. The first kappa shape index (κ1) is 19.2. The van der Waals surface area contributed by atoms with Crippen molar-refractivity contribution in [2.45, 2.75) is 30.7 Å². The molecule has 0 aromatic heterocycles. The Bertz CT molecular complexity index is 781. The molecule has 8 nitrogen and oxygen atoms in total. The first-order valence-electron chi connectivity index (χ1n) is 8.45. The average Bonchev–Trinajstić information content (AvgIpc) is 3.15. The van der Waals surface area contributed by atoms with Gasteiger partial charge in [0.25, 0.3) is 5.91 Å². The highest BCUT2D eigenvalue weighted by atomic mass is 32.2. The lowest BCUT2D eigenvalue weighted by molar-refractivity contribution is -0.155. The Morgan fingerprint density at radius 1 is 1.30 bits per heavy atom. The third-order valence-corrected chi connectivity index (χ3v) is 6.16. The number of fused-ring (bicyclic) bond motifs is 1. The summed E-state index contributed by atoms with van der Waals surface area (Å²) in [4.78, 5) is 49.0. The van der Waals surface area contributed by atoms with Crippen molar-refractivity contribution in [2.24, 2.45) is 0 Å². The van der Waals surface area contributed by atoms with Crippen LogP contribution in [0.1, 0.15) is 30.1 Å². The van der Waals surface area contributed by atoms with E-state index < -0.39 is 30.5 Å². The van der Waals surface area contributed by atoms with Gasteiger partial charge in [0.1, 0.15) is 6.04 Å². The average molecular weight is 392 g/mol. The van der Waals surface area contributed by atoms with E-state index in [0.29, 0.717) is 29.8 Å². The molecule has 27 heavy (non-hydrogen) atoms. The topological polar surface area (TPSA) is 102 Å². The summed E-state index contributed by atoms with van der Waals surface area (Å²) in [6, 6.07) is 5.48. The number of carbonyl (C=O) groups excluding carboxylic acids is 4. The van der Waals surface area contributed by atoms with Crippen LogP contribution in [0.2, 0.25) is 0 Å². The van der Waals surface area contributed by atoms with E-state index in [2.05, 4.69) is 10.1 Å². The molecular weight excluding hydrogens is 372 g/mol. The number of hydrogen-bond acceptors (Lipinski definition) is 7. The molecule has 2 amide bonds. The molecule has 2 saturated heterocycles. The number of methoxy groups -OCH3 is 1. The number of benzene rings is 1. The van der Waals surface area contributed by atoms with Crippen LogP contribution in [0, 0.1) is 0 Å². The van der Waals surface area contributed by atoms with Crippen molar-refractivity contribution in [3.05, 3.63) is 29.8 Å². The summed E-state index contributed by atoms with van der Waals surface area (Å²) in [6.45, 7) is 1.50. The number of nitrogens with one attached hydrogen (secondary N) is 1. The first-order chi connectivity index (χ1) is 12.8. The number of esters is 2. The molecule has 1 aromatic rings. The van der Waals surface area contributed by atoms with Gasteiger partial charge < -0.3 is 19.7 Å². The van der Waals surface area contributed by atoms with Gasteiger partial charge in [-0.2, -0.15) is 0 Å². The molecule has 2 unspecified atom stereocenters. The number of carbonyl (C=O) groups is 4. The number of thioether (sulfide) groups is 1. The minimum Gasteiger partial charge on any atom is -0.465 e. The maximum atomic E-state index is 12.3. The zero-order chi connectivity index (χ0) is 19.6. The monoisotopic (exact) mass is 392 g/mol. The Labute approximate surface area is 160 Å². The van der Waals surface area contributed by atoms with Crippen molar-refractivity contribution in [2.75, 3.05) is 24.8 Å². The smallest absolute Gasteiger partial charge is 0.337 e. The fourth-order valence-electron chi connectivity index (χ4n) is 3.23. The summed E-state index contributed by atoms with van der Waals surface area (Å²) >= 11 is 1.56. The number of hydrogen-bond donors (Lipinski definition) is 1. The summed E-state index contributed by atoms with van der Waals surface area (Å²) in [6.07, 6.45) is 1.14. The van der Waals surface area contributed by atoms with Crippen LogP contribution in [0.25, 0.3) is 0 Å². The van der Waals surface area contributed by atoms with Crippen LogP contribution in [0.4, 0.5) is 5.69 Å². The van der Waals surface area contributed by atoms with Crippen molar-refractivity contribution in [3.8, 4) is 0 Å². The lowest BCUT2D eigenvalue weighted by Crippen LogP contribution is -2.47. The van der Waals surface area contributed by atoms with E-state index in [0.717, 1.165) is 0 Å². The summed E-state index contributed by atoms with van der Waals surface area (Å²) in [5.74, 6) is -1.13. The first-order valence-corrected chi connectivity index (χ1v) is 9.43. The minimum absolute atomic E-state index is 0.0559. The highest BCUT2D eigenvalue weighted by Crippen LogP contribution is 2.47. The van der Waals surface area contributed by atoms with Crippen molar-refractivity contribution in [3.63, 3.8) is 0 Å². The van der Waals surface area contributed by atoms with E-state index in [1.165, 1.54) is 19.2 Å². The van der Waals surface area contributed by atoms with E-state index in [1.807, 2.05) is 6.92 Å².